The van der Waals surface area contributed by atoms with Crippen LogP contribution in [-0.2, 0) is 11.2 Å². The molecule has 0 fully saturated rings. The first-order valence-electron chi connectivity index (χ1n) is 10.2. The molecule has 8 nitrogen and oxygen atoms in total. The smallest absolute Gasteiger partial charge is 0.271 e. The fraction of sp³-hybridized carbons (Fsp3) is 0.125. The van der Waals surface area contributed by atoms with Crippen molar-refractivity contribution in [3.63, 3.8) is 0 Å². The Morgan fingerprint density at radius 3 is 2.55 bits per heavy atom. The third-order valence-electron chi connectivity index (χ3n) is 5.12. The maximum atomic E-state index is 12.9. The highest BCUT2D eigenvalue weighted by Crippen LogP contribution is 2.32. The molecule has 4 rings (SSSR count). The molecule has 0 bridgehead atoms. The van der Waals surface area contributed by atoms with E-state index in [1.807, 2.05) is 30.3 Å². The van der Waals surface area contributed by atoms with E-state index in [0.717, 1.165) is 5.56 Å². The number of aromatic hydroxyl groups is 1. The normalized spacial score (nSPS) is 12.9. The minimum atomic E-state index is -1.40. The number of aromatic amines is 1. The Morgan fingerprint density at radius 2 is 1.79 bits per heavy atom. The molecular weight excluding hydrogens is 444 g/mol. The maximum absolute atomic E-state index is 12.9. The van der Waals surface area contributed by atoms with Gasteiger partial charge in [-0.15, -0.1) is 0 Å². The lowest BCUT2D eigenvalue weighted by Crippen LogP contribution is -2.45. The van der Waals surface area contributed by atoms with Crippen molar-refractivity contribution < 1.29 is 15.0 Å². The number of benzene rings is 3. The number of aliphatic hydroxyl groups is 1. The standard InChI is InChI=1S/C24H21ClN4O4/c25-15-10-11-17-18(13-15)27-24(33)22(26-17)21(23(32)16-8-4-5-9-19(16)30)29-28-20(31)12-14-6-2-1-3-7-14/h1-11,13,21,23,29-30,32H,12H2,(H,27,33)(H,28,31)/t21-,23+/m0/s1. The van der Waals surface area contributed by atoms with Crippen LogP contribution in [0.2, 0.25) is 5.02 Å². The van der Waals surface area contributed by atoms with Crippen LogP contribution < -0.4 is 16.4 Å². The summed E-state index contributed by atoms with van der Waals surface area (Å²) >= 11 is 5.99. The third kappa shape index (κ3) is 5.20. The number of carbonyl (C=O) groups excluding carboxylic acids is 1. The first-order valence-corrected chi connectivity index (χ1v) is 10.5. The Hall–Kier alpha value is -3.72. The topological polar surface area (TPSA) is 127 Å². The summed E-state index contributed by atoms with van der Waals surface area (Å²) in [6.45, 7) is 0. The Bertz CT molecular complexity index is 1340. The molecule has 1 aromatic heterocycles. The van der Waals surface area contributed by atoms with E-state index in [9.17, 15) is 19.8 Å². The van der Waals surface area contributed by atoms with Crippen molar-refractivity contribution in [3.05, 3.63) is 105 Å². The summed E-state index contributed by atoms with van der Waals surface area (Å²) in [6.07, 6.45) is -1.31. The lowest BCUT2D eigenvalue weighted by Gasteiger charge is -2.24. The molecule has 33 heavy (non-hydrogen) atoms. The van der Waals surface area contributed by atoms with Gasteiger partial charge in [-0.2, -0.15) is 0 Å². The lowest BCUT2D eigenvalue weighted by molar-refractivity contribution is -0.121. The van der Waals surface area contributed by atoms with Crippen LogP contribution in [0, 0.1) is 0 Å². The van der Waals surface area contributed by atoms with E-state index >= 15 is 0 Å². The van der Waals surface area contributed by atoms with Crippen LogP contribution in [0.3, 0.4) is 0 Å². The van der Waals surface area contributed by atoms with Gasteiger partial charge >= 0.3 is 0 Å². The highest BCUT2D eigenvalue weighted by Gasteiger charge is 2.29. The molecule has 0 unspecified atom stereocenters. The number of hydrogen-bond donors (Lipinski definition) is 5. The second-order valence-electron chi connectivity index (χ2n) is 7.45. The van der Waals surface area contributed by atoms with Crippen LogP contribution in [0.25, 0.3) is 11.0 Å². The molecule has 0 aliphatic carbocycles. The monoisotopic (exact) mass is 464 g/mol. The highest BCUT2D eigenvalue weighted by atomic mass is 35.5. The molecule has 0 radical (unpaired) electrons. The molecule has 1 heterocycles. The Balaban J connectivity index is 1.67. The number of halogens is 1. The van der Waals surface area contributed by atoms with Crippen LogP contribution in [-0.4, -0.2) is 26.1 Å². The molecule has 9 heteroatoms. The Labute approximate surface area is 193 Å². The number of phenolic OH excluding ortho intramolecular Hbond substituents is 1. The lowest BCUT2D eigenvalue weighted by atomic mass is 9.99. The molecule has 3 aromatic carbocycles. The molecule has 168 valence electrons. The number of phenols is 1. The fourth-order valence-electron chi connectivity index (χ4n) is 3.48. The molecule has 0 spiro atoms. The van der Waals surface area contributed by atoms with Gasteiger partial charge in [-0.1, -0.05) is 60.1 Å². The molecule has 2 atom stereocenters. The van der Waals surface area contributed by atoms with E-state index in [0.29, 0.717) is 16.1 Å². The maximum Gasteiger partial charge on any atom is 0.271 e. The number of fused-ring (bicyclic) bond motifs is 1. The Kier molecular flexibility index (Phi) is 6.69. The first kappa shape index (κ1) is 22.5. The second-order valence-corrected chi connectivity index (χ2v) is 7.89. The minimum absolute atomic E-state index is 0.0689. The molecule has 0 saturated carbocycles. The van der Waals surface area contributed by atoms with Crippen LogP contribution in [0.4, 0.5) is 0 Å². The van der Waals surface area contributed by atoms with E-state index in [-0.39, 0.29) is 29.3 Å². The zero-order valence-corrected chi connectivity index (χ0v) is 18.1. The summed E-state index contributed by atoms with van der Waals surface area (Å²) in [6, 6.07) is 19.0. The first-order chi connectivity index (χ1) is 15.9. The number of hydrazine groups is 1. The third-order valence-corrected chi connectivity index (χ3v) is 5.36. The van der Waals surface area contributed by atoms with E-state index < -0.39 is 17.7 Å². The van der Waals surface area contributed by atoms with Crippen LogP contribution >= 0.6 is 11.6 Å². The predicted molar refractivity (Wildman–Crippen MR) is 125 cm³/mol. The van der Waals surface area contributed by atoms with Crippen molar-refractivity contribution >= 4 is 28.5 Å². The Morgan fingerprint density at radius 1 is 1.06 bits per heavy atom. The summed E-state index contributed by atoms with van der Waals surface area (Å²) in [4.78, 5) is 32.4. The molecule has 0 aliphatic rings. The zero-order valence-electron chi connectivity index (χ0n) is 17.3. The number of rotatable bonds is 7. The molecule has 4 aromatic rings. The number of aliphatic hydroxyl groups excluding tert-OH is 1. The van der Waals surface area contributed by atoms with Crippen molar-refractivity contribution in [2.75, 3.05) is 0 Å². The van der Waals surface area contributed by atoms with Gasteiger partial charge in [0, 0.05) is 10.6 Å². The average molecular weight is 465 g/mol. The van der Waals surface area contributed by atoms with Gasteiger partial charge in [0.1, 0.15) is 23.6 Å². The van der Waals surface area contributed by atoms with Crippen molar-refractivity contribution in [3.8, 4) is 5.75 Å². The number of nitrogens with zero attached hydrogens (tertiary/aromatic N) is 1. The van der Waals surface area contributed by atoms with Crippen molar-refractivity contribution in [2.45, 2.75) is 18.6 Å². The molecule has 0 aliphatic heterocycles. The van der Waals surface area contributed by atoms with E-state index in [4.69, 9.17) is 11.6 Å². The number of amides is 1. The zero-order chi connectivity index (χ0) is 23.4. The van der Waals surface area contributed by atoms with Crippen molar-refractivity contribution in [2.24, 2.45) is 0 Å². The summed E-state index contributed by atoms with van der Waals surface area (Å²) in [5.41, 5.74) is 6.47. The number of nitrogens with one attached hydrogen (secondary N) is 3. The SMILES string of the molecule is O=C(Cc1ccccc1)NN[C@@H](c1nc2ccc(Cl)cc2[nH]c1=O)[C@H](O)c1ccccc1O. The second kappa shape index (κ2) is 9.83. The van der Waals surface area contributed by atoms with E-state index in [2.05, 4.69) is 20.8 Å². The highest BCUT2D eigenvalue weighted by molar-refractivity contribution is 6.31. The van der Waals surface area contributed by atoms with Crippen molar-refractivity contribution in [1.82, 2.24) is 20.8 Å². The number of H-pyrrole nitrogens is 1. The largest absolute Gasteiger partial charge is 0.508 e. The fourth-order valence-corrected chi connectivity index (χ4v) is 3.65. The number of hydrogen-bond acceptors (Lipinski definition) is 6. The average Bonchev–Trinajstić information content (AvgIpc) is 2.80. The predicted octanol–water partition coefficient (Wildman–Crippen LogP) is 2.92. The van der Waals surface area contributed by atoms with Gasteiger partial charge < -0.3 is 15.2 Å². The number of para-hydroxylation sites is 1. The minimum Gasteiger partial charge on any atom is -0.508 e. The number of aromatic nitrogens is 2. The van der Waals surface area contributed by atoms with Gasteiger partial charge in [0.25, 0.3) is 5.56 Å². The molecule has 0 saturated heterocycles. The van der Waals surface area contributed by atoms with Gasteiger partial charge in [-0.25, -0.2) is 10.4 Å². The van der Waals surface area contributed by atoms with Gasteiger partial charge in [0.05, 0.1) is 17.5 Å². The van der Waals surface area contributed by atoms with E-state index in [1.165, 1.54) is 12.1 Å². The van der Waals surface area contributed by atoms with Crippen LogP contribution in [0.5, 0.6) is 5.75 Å². The van der Waals surface area contributed by atoms with Gasteiger partial charge in [0.2, 0.25) is 5.91 Å². The molecule has 5 N–H and O–H groups in total. The molecule has 1 amide bonds. The van der Waals surface area contributed by atoms with Gasteiger partial charge in [-0.3, -0.25) is 15.0 Å². The van der Waals surface area contributed by atoms with Gasteiger partial charge in [0.15, 0.2) is 0 Å². The molecular formula is C24H21ClN4O4. The van der Waals surface area contributed by atoms with Crippen molar-refractivity contribution in [1.29, 1.82) is 0 Å². The van der Waals surface area contributed by atoms with Crippen LogP contribution in [0.15, 0.2) is 77.6 Å². The van der Waals surface area contributed by atoms with Crippen LogP contribution in [0.1, 0.15) is 29.0 Å². The number of carbonyl (C=O) groups is 1. The summed E-state index contributed by atoms with van der Waals surface area (Å²) in [7, 11) is 0. The summed E-state index contributed by atoms with van der Waals surface area (Å²) in [5.74, 6) is -0.531. The van der Waals surface area contributed by atoms with Gasteiger partial charge in [-0.05, 0) is 29.8 Å². The summed E-state index contributed by atoms with van der Waals surface area (Å²) in [5, 5.41) is 21.7. The quantitative estimate of drug-likeness (QED) is 0.268. The summed E-state index contributed by atoms with van der Waals surface area (Å²) < 4.78 is 0. The van der Waals surface area contributed by atoms with E-state index in [1.54, 1.807) is 30.3 Å².